The maximum absolute atomic E-state index is 14.0. The Balaban J connectivity index is 1.64. The van der Waals surface area contributed by atoms with Crippen molar-refractivity contribution in [1.29, 1.82) is 0 Å². The predicted molar refractivity (Wildman–Crippen MR) is 102 cm³/mol. The molecule has 27 heavy (non-hydrogen) atoms. The molecule has 0 aliphatic heterocycles. The van der Waals surface area contributed by atoms with Crippen LogP contribution in [0.2, 0.25) is 0 Å². The van der Waals surface area contributed by atoms with E-state index in [-0.39, 0.29) is 48.0 Å². The van der Waals surface area contributed by atoms with Crippen molar-refractivity contribution in [3.63, 3.8) is 0 Å². The largest absolute Gasteiger partial charge is 0.483 e. The summed E-state index contributed by atoms with van der Waals surface area (Å²) in [5, 5.41) is 2.88. The van der Waals surface area contributed by atoms with E-state index in [0.717, 1.165) is 12.0 Å². The highest BCUT2D eigenvalue weighted by Crippen LogP contribution is 2.39. The van der Waals surface area contributed by atoms with Gasteiger partial charge in [0.15, 0.2) is 12.4 Å². The molecule has 0 aromatic heterocycles. The Morgan fingerprint density at radius 2 is 1.96 bits per heavy atom. The molecule has 2 aromatic rings. The van der Waals surface area contributed by atoms with Crippen LogP contribution in [0.3, 0.4) is 0 Å². The zero-order chi connectivity index (χ0) is 19.6. The van der Waals surface area contributed by atoms with E-state index in [9.17, 15) is 14.0 Å². The highest BCUT2D eigenvalue weighted by molar-refractivity contribution is 6.03. The maximum atomic E-state index is 14.0. The van der Waals surface area contributed by atoms with Gasteiger partial charge in [0.05, 0.1) is 11.6 Å². The van der Waals surface area contributed by atoms with Crippen LogP contribution in [0.1, 0.15) is 66.2 Å². The number of rotatable bonds is 6. The fourth-order valence-corrected chi connectivity index (χ4v) is 3.50. The van der Waals surface area contributed by atoms with Crippen LogP contribution in [0, 0.1) is 5.82 Å². The van der Waals surface area contributed by atoms with Crippen LogP contribution < -0.4 is 10.1 Å². The molecule has 1 N–H and O–H groups in total. The molecular weight excluding hydrogens is 345 g/mol. The molecule has 1 amide bonds. The van der Waals surface area contributed by atoms with Crippen molar-refractivity contribution in [1.82, 2.24) is 5.32 Å². The lowest BCUT2D eigenvalue weighted by atomic mass is 10.0. The molecule has 2 aromatic carbocycles. The first-order chi connectivity index (χ1) is 12.9. The summed E-state index contributed by atoms with van der Waals surface area (Å²) < 4.78 is 19.6. The molecular formula is C22H24FNO3. The quantitative estimate of drug-likeness (QED) is 0.824. The maximum Gasteiger partial charge on any atom is 0.258 e. The number of benzene rings is 2. The van der Waals surface area contributed by atoms with Gasteiger partial charge in [-0.3, -0.25) is 9.59 Å². The third-order valence-electron chi connectivity index (χ3n) is 5.04. The van der Waals surface area contributed by atoms with Crippen molar-refractivity contribution in [3.05, 3.63) is 64.5 Å². The van der Waals surface area contributed by atoms with E-state index in [1.807, 2.05) is 38.1 Å². The number of nitrogens with one attached hydrogen (secondary N) is 1. The topological polar surface area (TPSA) is 55.4 Å². The van der Waals surface area contributed by atoms with E-state index in [2.05, 4.69) is 12.2 Å². The molecule has 0 saturated carbocycles. The molecule has 4 nitrogen and oxygen atoms in total. The normalized spacial score (nSPS) is 16.7. The van der Waals surface area contributed by atoms with Crippen LogP contribution in [-0.4, -0.2) is 18.3 Å². The standard InChI is InChI=1S/C22H24FNO3/c1-4-15-5-7-16(8-6-15)14(3)24-20(26)12-27-19-10-9-17(23)21-13(2)11-18(25)22(19)21/h5-10,13-14H,4,11-12H2,1-3H3,(H,24,26)/t13-,14-/m0/s1. The van der Waals surface area contributed by atoms with Gasteiger partial charge in [0.1, 0.15) is 11.6 Å². The molecule has 0 radical (unpaired) electrons. The highest BCUT2D eigenvalue weighted by Gasteiger charge is 2.32. The number of halogens is 1. The van der Waals surface area contributed by atoms with E-state index < -0.39 is 5.82 Å². The molecule has 0 unspecified atom stereocenters. The van der Waals surface area contributed by atoms with Gasteiger partial charge >= 0.3 is 0 Å². The molecule has 0 heterocycles. The van der Waals surface area contributed by atoms with Crippen molar-refractivity contribution in [2.75, 3.05) is 6.61 Å². The van der Waals surface area contributed by atoms with E-state index in [4.69, 9.17) is 4.74 Å². The molecule has 5 heteroatoms. The average Bonchev–Trinajstić information content (AvgIpc) is 2.96. The van der Waals surface area contributed by atoms with Gasteiger partial charge in [-0.1, -0.05) is 38.1 Å². The predicted octanol–water partition coefficient (Wildman–Crippen LogP) is 4.33. The van der Waals surface area contributed by atoms with Crippen LogP contribution >= 0.6 is 0 Å². The summed E-state index contributed by atoms with van der Waals surface area (Å²) in [6, 6.07) is 10.6. The van der Waals surface area contributed by atoms with Crippen molar-refractivity contribution in [2.24, 2.45) is 0 Å². The molecule has 2 atom stereocenters. The Labute approximate surface area is 158 Å². The van der Waals surface area contributed by atoms with Gasteiger partial charge in [0.2, 0.25) is 0 Å². The molecule has 1 aliphatic carbocycles. The fraction of sp³-hybridized carbons (Fsp3) is 0.364. The van der Waals surface area contributed by atoms with Crippen LogP contribution in [0.4, 0.5) is 4.39 Å². The molecule has 3 rings (SSSR count). The molecule has 0 spiro atoms. The van der Waals surface area contributed by atoms with E-state index in [1.165, 1.54) is 17.7 Å². The molecule has 0 fully saturated rings. The number of hydrogen-bond acceptors (Lipinski definition) is 3. The second kappa shape index (κ2) is 7.91. The Hall–Kier alpha value is -2.69. The van der Waals surface area contributed by atoms with Crippen molar-refractivity contribution >= 4 is 11.7 Å². The summed E-state index contributed by atoms with van der Waals surface area (Å²) in [6.07, 6.45) is 1.23. The first-order valence-corrected chi connectivity index (χ1v) is 9.27. The average molecular weight is 369 g/mol. The Kier molecular flexibility index (Phi) is 5.59. The Morgan fingerprint density at radius 3 is 2.63 bits per heavy atom. The minimum absolute atomic E-state index is 0.142. The lowest BCUT2D eigenvalue weighted by Gasteiger charge is -2.16. The van der Waals surface area contributed by atoms with E-state index in [1.54, 1.807) is 0 Å². The number of fused-ring (bicyclic) bond motifs is 1. The van der Waals surface area contributed by atoms with Crippen LogP contribution in [0.5, 0.6) is 5.75 Å². The Morgan fingerprint density at radius 1 is 1.26 bits per heavy atom. The number of aryl methyl sites for hydroxylation is 1. The van der Waals surface area contributed by atoms with Gasteiger partial charge in [0, 0.05) is 12.0 Å². The van der Waals surface area contributed by atoms with E-state index in [0.29, 0.717) is 5.56 Å². The van der Waals surface area contributed by atoms with Crippen LogP contribution in [-0.2, 0) is 11.2 Å². The third-order valence-corrected chi connectivity index (χ3v) is 5.04. The fourth-order valence-electron chi connectivity index (χ4n) is 3.50. The number of hydrogen-bond donors (Lipinski definition) is 1. The van der Waals surface area contributed by atoms with Gasteiger partial charge in [-0.15, -0.1) is 0 Å². The number of ketones is 1. The monoisotopic (exact) mass is 369 g/mol. The number of carbonyl (C=O) groups is 2. The van der Waals surface area contributed by atoms with Crippen molar-refractivity contribution in [2.45, 2.75) is 45.6 Å². The summed E-state index contributed by atoms with van der Waals surface area (Å²) in [6.45, 7) is 5.58. The SMILES string of the molecule is CCc1ccc([C@H](C)NC(=O)COc2ccc(F)c3c2C(=O)C[C@@H]3C)cc1. The van der Waals surface area contributed by atoms with Crippen molar-refractivity contribution in [3.8, 4) is 5.75 Å². The number of carbonyl (C=O) groups excluding carboxylic acids is 2. The van der Waals surface area contributed by atoms with Gasteiger partial charge in [-0.25, -0.2) is 4.39 Å². The highest BCUT2D eigenvalue weighted by atomic mass is 19.1. The second-order valence-electron chi connectivity index (χ2n) is 7.04. The van der Waals surface area contributed by atoms with Gasteiger partial charge < -0.3 is 10.1 Å². The number of amides is 1. The zero-order valence-corrected chi connectivity index (χ0v) is 15.8. The van der Waals surface area contributed by atoms with Crippen molar-refractivity contribution < 1.29 is 18.7 Å². The summed E-state index contributed by atoms with van der Waals surface area (Å²) in [4.78, 5) is 24.4. The molecule has 142 valence electrons. The molecule has 0 saturated heterocycles. The smallest absolute Gasteiger partial charge is 0.258 e. The lowest BCUT2D eigenvalue weighted by molar-refractivity contribution is -0.123. The van der Waals surface area contributed by atoms with Gasteiger partial charge in [-0.2, -0.15) is 0 Å². The van der Waals surface area contributed by atoms with Crippen LogP contribution in [0.25, 0.3) is 0 Å². The van der Waals surface area contributed by atoms with Gasteiger partial charge in [0.25, 0.3) is 5.91 Å². The minimum atomic E-state index is -0.399. The first-order valence-electron chi connectivity index (χ1n) is 9.27. The minimum Gasteiger partial charge on any atom is -0.483 e. The van der Waals surface area contributed by atoms with E-state index >= 15 is 0 Å². The summed E-state index contributed by atoms with van der Waals surface area (Å²) >= 11 is 0. The zero-order valence-electron chi connectivity index (χ0n) is 15.8. The van der Waals surface area contributed by atoms with Crippen LogP contribution in [0.15, 0.2) is 36.4 Å². The summed E-state index contributed by atoms with van der Waals surface area (Å²) in [5.74, 6) is -0.730. The summed E-state index contributed by atoms with van der Waals surface area (Å²) in [7, 11) is 0. The van der Waals surface area contributed by atoms with Gasteiger partial charge in [-0.05, 0) is 42.5 Å². The first kappa shape index (κ1) is 19.1. The molecule has 1 aliphatic rings. The number of Topliss-reactive ketones (excluding diaryl/α,β-unsaturated/α-hetero) is 1. The second-order valence-corrected chi connectivity index (χ2v) is 7.04. The molecule has 0 bridgehead atoms. The number of ether oxygens (including phenoxy) is 1. The Bertz CT molecular complexity index is 861. The third kappa shape index (κ3) is 4.02. The summed E-state index contributed by atoms with van der Waals surface area (Å²) in [5.41, 5.74) is 2.91. The lowest BCUT2D eigenvalue weighted by Crippen LogP contribution is -2.31.